The molecule has 164 valence electrons. The average Bonchev–Trinajstić information content (AvgIpc) is 3.16. The number of nitrogens with zero attached hydrogens (tertiary/aromatic N) is 1. The first-order chi connectivity index (χ1) is 14.1. The van der Waals surface area contributed by atoms with Gasteiger partial charge in [-0.3, -0.25) is 4.79 Å². The summed E-state index contributed by atoms with van der Waals surface area (Å²) < 4.78 is 67.3. The molecule has 11 heteroatoms. The highest BCUT2D eigenvalue weighted by molar-refractivity contribution is 7.91. The maximum atomic E-state index is 12.7. The second-order valence-corrected chi connectivity index (χ2v) is 10.2. The Morgan fingerprint density at radius 2 is 1.73 bits per heavy atom. The monoisotopic (exact) mass is 462 g/mol. The summed E-state index contributed by atoms with van der Waals surface area (Å²) in [4.78, 5) is 12.8. The van der Waals surface area contributed by atoms with Gasteiger partial charge in [-0.15, -0.1) is 24.5 Å². The first kappa shape index (κ1) is 22.6. The fourth-order valence-corrected chi connectivity index (χ4v) is 6.08. The number of hydrogen-bond acceptors (Lipinski definition) is 5. The SMILES string of the molecule is O=C(Cc1ccc(S(=O)(=O)N2CCCCC2)s1)NCc1ccc(OC(F)(F)F)cc1. The lowest BCUT2D eigenvalue weighted by atomic mass is 10.2. The number of benzene rings is 1. The normalized spacial score (nSPS) is 15.7. The molecule has 30 heavy (non-hydrogen) atoms. The quantitative estimate of drug-likeness (QED) is 0.681. The third kappa shape index (κ3) is 6.19. The first-order valence-electron chi connectivity index (χ1n) is 9.34. The van der Waals surface area contributed by atoms with Crippen LogP contribution in [-0.4, -0.2) is 38.1 Å². The van der Waals surface area contributed by atoms with Gasteiger partial charge in [0.1, 0.15) is 9.96 Å². The Kier molecular flexibility index (Phi) is 7.04. The number of nitrogens with one attached hydrogen (secondary N) is 1. The van der Waals surface area contributed by atoms with Crippen molar-refractivity contribution >= 4 is 27.3 Å². The molecule has 1 N–H and O–H groups in total. The van der Waals surface area contributed by atoms with Crippen molar-refractivity contribution in [2.45, 2.75) is 42.8 Å². The molecule has 1 saturated heterocycles. The second-order valence-electron chi connectivity index (χ2n) is 6.83. The minimum Gasteiger partial charge on any atom is -0.406 e. The smallest absolute Gasteiger partial charge is 0.406 e. The summed E-state index contributed by atoms with van der Waals surface area (Å²) >= 11 is 1.08. The van der Waals surface area contributed by atoms with Crippen molar-refractivity contribution in [3.63, 3.8) is 0 Å². The van der Waals surface area contributed by atoms with Crippen LogP contribution in [0.2, 0.25) is 0 Å². The highest BCUT2D eigenvalue weighted by atomic mass is 32.2. The predicted octanol–water partition coefficient (Wildman–Crippen LogP) is 3.68. The van der Waals surface area contributed by atoms with E-state index in [4.69, 9.17) is 0 Å². The van der Waals surface area contributed by atoms with Gasteiger partial charge >= 0.3 is 6.36 Å². The maximum absolute atomic E-state index is 12.7. The lowest BCUT2D eigenvalue weighted by Gasteiger charge is -2.25. The summed E-state index contributed by atoms with van der Waals surface area (Å²) in [5.41, 5.74) is 0.609. The lowest BCUT2D eigenvalue weighted by molar-refractivity contribution is -0.274. The summed E-state index contributed by atoms with van der Waals surface area (Å²) in [7, 11) is -3.52. The van der Waals surface area contributed by atoms with Crippen LogP contribution in [0.3, 0.4) is 0 Å². The molecule has 2 aromatic rings. The maximum Gasteiger partial charge on any atom is 0.573 e. The molecule has 0 radical (unpaired) electrons. The van der Waals surface area contributed by atoms with Gasteiger partial charge in [0.15, 0.2) is 0 Å². The van der Waals surface area contributed by atoms with E-state index in [0.29, 0.717) is 23.5 Å². The molecule has 1 aromatic carbocycles. The molecule has 0 unspecified atom stereocenters. The molecule has 1 fully saturated rings. The summed E-state index contributed by atoms with van der Waals surface area (Å²) in [6.07, 6.45) is -2.00. The number of rotatable bonds is 7. The van der Waals surface area contributed by atoms with Crippen molar-refractivity contribution in [1.82, 2.24) is 9.62 Å². The zero-order chi connectivity index (χ0) is 21.8. The van der Waals surface area contributed by atoms with E-state index >= 15 is 0 Å². The zero-order valence-corrected chi connectivity index (χ0v) is 17.6. The Morgan fingerprint density at radius 1 is 1.07 bits per heavy atom. The van der Waals surface area contributed by atoms with Crippen molar-refractivity contribution in [1.29, 1.82) is 0 Å². The molecule has 0 aliphatic carbocycles. The highest BCUT2D eigenvalue weighted by Gasteiger charge is 2.31. The molecule has 3 rings (SSSR count). The highest BCUT2D eigenvalue weighted by Crippen LogP contribution is 2.27. The number of alkyl halides is 3. The van der Waals surface area contributed by atoms with E-state index in [0.717, 1.165) is 30.6 Å². The van der Waals surface area contributed by atoms with Crippen molar-refractivity contribution < 1.29 is 31.1 Å². The number of halogens is 3. The molecule has 1 amide bonds. The van der Waals surface area contributed by atoms with Gasteiger partial charge in [-0.05, 0) is 42.7 Å². The minimum atomic E-state index is -4.75. The number of piperidine rings is 1. The van der Waals surface area contributed by atoms with Crippen LogP contribution < -0.4 is 10.1 Å². The van der Waals surface area contributed by atoms with Gasteiger partial charge in [0.2, 0.25) is 5.91 Å². The van der Waals surface area contributed by atoms with Crippen LogP contribution in [0.4, 0.5) is 13.2 Å². The van der Waals surface area contributed by atoms with Crippen LogP contribution in [0.15, 0.2) is 40.6 Å². The number of sulfonamides is 1. The molecule has 1 aromatic heterocycles. The van der Waals surface area contributed by atoms with Crippen LogP contribution in [0, 0.1) is 0 Å². The van der Waals surface area contributed by atoms with E-state index < -0.39 is 16.4 Å². The van der Waals surface area contributed by atoms with Crippen molar-refractivity contribution in [2.75, 3.05) is 13.1 Å². The molecular weight excluding hydrogens is 441 g/mol. The minimum absolute atomic E-state index is 0.0233. The fraction of sp³-hybridized carbons (Fsp3) is 0.421. The van der Waals surface area contributed by atoms with Crippen LogP contribution in [0.25, 0.3) is 0 Å². The van der Waals surface area contributed by atoms with Crippen LogP contribution >= 0.6 is 11.3 Å². The lowest BCUT2D eigenvalue weighted by Crippen LogP contribution is -2.35. The van der Waals surface area contributed by atoms with E-state index in [1.165, 1.54) is 34.6 Å². The number of thiophene rings is 1. The number of amides is 1. The number of carbonyl (C=O) groups excluding carboxylic acids is 1. The summed E-state index contributed by atoms with van der Waals surface area (Å²) in [6.45, 7) is 1.17. The molecule has 0 atom stereocenters. The van der Waals surface area contributed by atoms with Gasteiger partial charge in [0.05, 0.1) is 6.42 Å². The fourth-order valence-electron chi connectivity index (χ4n) is 3.05. The van der Waals surface area contributed by atoms with Gasteiger partial charge in [0, 0.05) is 24.5 Å². The largest absolute Gasteiger partial charge is 0.573 e. The van der Waals surface area contributed by atoms with Crippen molar-refractivity contribution in [3.05, 3.63) is 46.8 Å². The van der Waals surface area contributed by atoms with Gasteiger partial charge in [-0.1, -0.05) is 18.6 Å². The Labute approximate surface area is 176 Å². The van der Waals surface area contributed by atoms with Gasteiger partial charge in [-0.2, -0.15) is 4.31 Å². The average molecular weight is 463 g/mol. The summed E-state index contributed by atoms with van der Waals surface area (Å²) in [5, 5.41) is 2.67. The molecule has 6 nitrogen and oxygen atoms in total. The molecule has 0 spiro atoms. The molecule has 0 bridgehead atoms. The Hall–Kier alpha value is -2.11. The first-order valence-corrected chi connectivity index (χ1v) is 11.6. The zero-order valence-electron chi connectivity index (χ0n) is 15.9. The summed E-state index contributed by atoms with van der Waals surface area (Å²) in [6, 6.07) is 8.35. The number of ether oxygens (including phenoxy) is 1. The van der Waals surface area contributed by atoms with Gasteiger partial charge in [-0.25, -0.2) is 8.42 Å². The third-order valence-corrected chi connectivity index (χ3v) is 7.98. The predicted molar refractivity (Wildman–Crippen MR) is 106 cm³/mol. The molecule has 1 aliphatic heterocycles. The molecule has 2 heterocycles. The van der Waals surface area contributed by atoms with Crippen molar-refractivity contribution in [3.8, 4) is 5.75 Å². The van der Waals surface area contributed by atoms with Crippen LogP contribution in [0.5, 0.6) is 5.75 Å². The molecular formula is C19H21F3N2O4S2. The van der Waals surface area contributed by atoms with Gasteiger partial charge in [0.25, 0.3) is 10.0 Å². The Morgan fingerprint density at radius 3 is 2.37 bits per heavy atom. The van der Waals surface area contributed by atoms with Crippen LogP contribution in [-0.2, 0) is 27.8 Å². The Balaban J connectivity index is 1.52. The standard InChI is InChI=1S/C19H21F3N2O4S2/c20-19(21,22)28-15-6-4-14(5-7-15)13-23-17(25)12-16-8-9-18(29-16)30(26,27)24-10-2-1-3-11-24/h4-9H,1-3,10-13H2,(H,23,25). The van der Waals surface area contributed by atoms with E-state index in [9.17, 15) is 26.4 Å². The summed E-state index contributed by atoms with van der Waals surface area (Å²) in [5.74, 6) is -0.645. The van der Waals surface area contributed by atoms with E-state index in [2.05, 4.69) is 10.1 Å². The van der Waals surface area contributed by atoms with Gasteiger partial charge < -0.3 is 10.1 Å². The number of carbonyl (C=O) groups is 1. The molecule has 0 saturated carbocycles. The topological polar surface area (TPSA) is 75.7 Å². The van der Waals surface area contributed by atoms with Crippen LogP contribution in [0.1, 0.15) is 29.7 Å². The van der Waals surface area contributed by atoms with E-state index in [-0.39, 0.29) is 28.8 Å². The van der Waals surface area contributed by atoms with E-state index in [1.54, 1.807) is 6.07 Å². The molecule has 1 aliphatic rings. The van der Waals surface area contributed by atoms with Crippen molar-refractivity contribution in [2.24, 2.45) is 0 Å². The Bertz CT molecular complexity index is 966. The number of hydrogen-bond donors (Lipinski definition) is 1. The third-order valence-electron chi connectivity index (χ3n) is 4.53. The second kappa shape index (κ2) is 9.36. The van der Waals surface area contributed by atoms with E-state index in [1.807, 2.05) is 0 Å².